The van der Waals surface area contributed by atoms with E-state index >= 15 is 0 Å². The molecule has 2 aliphatic carbocycles. The Bertz CT molecular complexity index is 260. The molecule has 0 aromatic heterocycles. The van der Waals surface area contributed by atoms with E-state index in [1.165, 1.54) is 64.2 Å². The molecule has 3 fully saturated rings. The Morgan fingerprint density at radius 2 is 1.76 bits per heavy atom. The Morgan fingerprint density at radius 1 is 0.941 bits per heavy atom. The number of nitrogens with two attached hydrogens (primary N) is 1. The molecule has 3 atom stereocenters. The molecular formula is C15H27NO. The summed E-state index contributed by atoms with van der Waals surface area (Å²) < 4.78 is 6.14. The molecule has 3 rings (SSSR count). The van der Waals surface area contributed by atoms with E-state index in [2.05, 4.69) is 0 Å². The molecule has 0 amide bonds. The Balaban J connectivity index is 1.62. The maximum atomic E-state index is 6.15. The van der Waals surface area contributed by atoms with Gasteiger partial charge in [0.1, 0.15) is 0 Å². The quantitative estimate of drug-likeness (QED) is 0.760. The van der Waals surface area contributed by atoms with Gasteiger partial charge in [0, 0.05) is 12.6 Å². The predicted molar refractivity (Wildman–Crippen MR) is 69.8 cm³/mol. The van der Waals surface area contributed by atoms with E-state index < -0.39 is 0 Å². The number of hydrogen-bond acceptors (Lipinski definition) is 2. The molecule has 0 aromatic carbocycles. The van der Waals surface area contributed by atoms with Gasteiger partial charge >= 0.3 is 0 Å². The second-order valence-corrected chi connectivity index (χ2v) is 6.68. The van der Waals surface area contributed by atoms with Gasteiger partial charge < -0.3 is 10.5 Å². The molecule has 2 N–H and O–H groups in total. The van der Waals surface area contributed by atoms with Crippen molar-refractivity contribution in [3.8, 4) is 0 Å². The summed E-state index contributed by atoms with van der Waals surface area (Å²) in [5.74, 6) is 1.81. The van der Waals surface area contributed by atoms with Gasteiger partial charge in [-0.15, -0.1) is 0 Å². The van der Waals surface area contributed by atoms with Gasteiger partial charge in [-0.1, -0.05) is 25.7 Å². The smallest absolute Gasteiger partial charge is 0.0685 e. The van der Waals surface area contributed by atoms with Crippen LogP contribution >= 0.6 is 0 Å². The molecule has 1 spiro atoms. The molecule has 0 bridgehead atoms. The van der Waals surface area contributed by atoms with Crippen LogP contribution in [-0.2, 0) is 4.74 Å². The van der Waals surface area contributed by atoms with Crippen molar-refractivity contribution in [1.29, 1.82) is 0 Å². The summed E-state index contributed by atoms with van der Waals surface area (Å²) in [4.78, 5) is 0. The van der Waals surface area contributed by atoms with Gasteiger partial charge in [0.25, 0.3) is 0 Å². The summed E-state index contributed by atoms with van der Waals surface area (Å²) in [5, 5.41) is 0. The highest BCUT2D eigenvalue weighted by Gasteiger charge is 2.42. The van der Waals surface area contributed by atoms with Crippen LogP contribution in [0.15, 0.2) is 0 Å². The molecule has 2 heteroatoms. The van der Waals surface area contributed by atoms with E-state index in [-0.39, 0.29) is 0 Å². The molecule has 1 heterocycles. The molecule has 98 valence electrons. The van der Waals surface area contributed by atoms with E-state index in [4.69, 9.17) is 10.5 Å². The topological polar surface area (TPSA) is 35.2 Å². The number of hydrogen-bond donors (Lipinski definition) is 1. The van der Waals surface area contributed by atoms with Crippen molar-refractivity contribution < 1.29 is 4.74 Å². The zero-order chi connectivity index (χ0) is 11.7. The molecule has 0 aromatic rings. The third-order valence-electron chi connectivity index (χ3n) is 5.47. The first-order valence-electron chi connectivity index (χ1n) is 7.67. The maximum Gasteiger partial charge on any atom is 0.0685 e. The van der Waals surface area contributed by atoms with E-state index in [0.29, 0.717) is 11.6 Å². The van der Waals surface area contributed by atoms with E-state index in [9.17, 15) is 0 Å². The summed E-state index contributed by atoms with van der Waals surface area (Å²) in [6.45, 7) is 1.01. The zero-order valence-corrected chi connectivity index (χ0v) is 11.0. The molecular weight excluding hydrogens is 210 g/mol. The average molecular weight is 237 g/mol. The second kappa shape index (κ2) is 4.89. The average Bonchev–Trinajstić information content (AvgIpc) is 2.77. The van der Waals surface area contributed by atoms with Crippen molar-refractivity contribution in [2.45, 2.75) is 75.9 Å². The van der Waals surface area contributed by atoms with Crippen molar-refractivity contribution >= 4 is 0 Å². The highest BCUT2D eigenvalue weighted by atomic mass is 16.5. The van der Waals surface area contributed by atoms with Crippen LogP contribution < -0.4 is 5.73 Å². The number of rotatable bonds is 1. The highest BCUT2D eigenvalue weighted by Crippen LogP contribution is 2.46. The van der Waals surface area contributed by atoms with Gasteiger partial charge in [-0.05, 0) is 50.4 Å². The van der Waals surface area contributed by atoms with Gasteiger partial charge in [0.2, 0.25) is 0 Å². The van der Waals surface area contributed by atoms with Crippen LogP contribution in [0.25, 0.3) is 0 Å². The normalized spacial score (nSPS) is 41.8. The van der Waals surface area contributed by atoms with Crippen LogP contribution in [-0.4, -0.2) is 18.2 Å². The summed E-state index contributed by atoms with van der Waals surface area (Å²) >= 11 is 0. The van der Waals surface area contributed by atoms with Crippen molar-refractivity contribution in [2.75, 3.05) is 6.61 Å². The molecule has 1 aliphatic heterocycles. The fraction of sp³-hybridized carbons (Fsp3) is 1.00. The molecule has 1 saturated heterocycles. The van der Waals surface area contributed by atoms with Crippen molar-refractivity contribution in [3.05, 3.63) is 0 Å². The predicted octanol–water partition coefficient (Wildman–Crippen LogP) is 3.24. The minimum atomic E-state index is 0.296. The molecule has 2 saturated carbocycles. The van der Waals surface area contributed by atoms with Crippen LogP contribution in [0.4, 0.5) is 0 Å². The van der Waals surface area contributed by atoms with Gasteiger partial charge in [-0.25, -0.2) is 0 Å². The lowest BCUT2D eigenvalue weighted by Gasteiger charge is -2.43. The standard InChI is InChI=1S/C15H27NO/c16-14-5-3-4-12(10-14)13-6-9-17-15(11-13)7-1-2-8-15/h12-14H,1-11,16H2. The SMILES string of the molecule is NC1CCCC(C2CCOC3(CCCC3)C2)C1. The minimum Gasteiger partial charge on any atom is -0.375 e. The first kappa shape index (κ1) is 12.0. The van der Waals surface area contributed by atoms with Crippen LogP contribution in [0.2, 0.25) is 0 Å². The van der Waals surface area contributed by atoms with Gasteiger partial charge in [0.05, 0.1) is 5.60 Å². The Labute approximate surface area is 105 Å². The van der Waals surface area contributed by atoms with E-state index in [1.807, 2.05) is 0 Å². The fourth-order valence-corrected chi connectivity index (χ4v) is 4.53. The van der Waals surface area contributed by atoms with Crippen LogP contribution in [0.5, 0.6) is 0 Å². The largest absolute Gasteiger partial charge is 0.375 e. The third-order valence-corrected chi connectivity index (χ3v) is 5.47. The summed E-state index contributed by atoms with van der Waals surface area (Å²) in [6, 6.07) is 0.483. The molecule has 0 radical (unpaired) electrons. The van der Waals surface area contributed by atoms with Crippen molar-refractivity contribution in [3.63, 3.8) is 0 Å². The fourth-order valence-electron chi connectivity index (χ4n) is 4.53. The van der Waals surface area contributed by atoms with Gasteiger partial charge in [-0.3, -0.25) is 0 Å². The van der Waals surface area contributed by atoms with Gasteiger partial charge in [-0.2, -0.15) is 0 Å². The summed E-state index contributed by atoms with van der Waals surface area (Å²) in [5.41, 5.74) is 6.44. The highest BCUT2D eigenvalue weighted by molar-refractivity contribution is 4.94. The van der Waals surface area contributed by atoms with E-state index in [0.717, 1.165) is 18.4 Å². The first-order chi connectivity index (χ1) is 8.27. The van der Waals surface area contributed by atoms with E-state index in [1.54, 1.807) is 0 Å². The van der Waals surface area contributed by atoms with Crippen LogP contribution in [0.1, 0.15) is 64.2 Å². The monoisotopic (exact) mass is 237 g/mol. The lowest BCUT2D eigenvalue weighted by molar-refractivity contribution is -0.104. The molecule has 3 unspecified atom stereocenters. The molecule has 3 aliphatic rings. The van der Waals surface area contributed by atoms with Gasteiger partial charge in [0.15, 0.2) is 0 Å². The Kier molecular flexibility index (Phi) is 3.45. The van der Waals surface area contributed by atoms with Crippen molar-refractivity contribution in [1.82, 2.24) is 0 Å². The summed E-state index contributed by atoms with van der Waals surface area (Å²) in [6.07, 6.45) is 13.4. The molecule has 17 heavy (non-hydrogen) atoms. The minimum absolute atomic E-state index is 0.296. The Hall–Kier alpha value is -0.0800. The number of ether oxygens (including phenoxy) is 1. The maximum absolute atomic E-state index is 6.15. The molecule has 2 nitrogen and oxygen atoms in total. The Morgan fingerprint density at radius 3 is 2.53 bits per heavy atom. The first-order valence-corrected chi connectivity index (χ1v) is 7.67. The van der Waals surface area contributed by atoms with Crippen LogP contribution in [0.3, 0.4) is 0 Å². The van der Waals surface area contributed by atoms with Crippen LogP contribution in [0, 0.1) is 11.8 Å². The second-order valence-electron chi connectivity index (χ2n) is 6.68. The zero-order valence-electron chi connectivity index (χ0n) is 11.0. The van der Waals surface area contributed by atoms with Crippen molar-refractivity contribution in [2.24, 2.45) is 17.6 Å². The lowest BCUT2D eigenvalue weighted by Crippen LogP contribution is -2.41. The lowest BCUT2D eigenvalue weighted by atomic mass is 9.71. The summed E-state index contributed by atoms with van der Waals surface area (Å²) in [7, 11) is 0. The third kappa shape index (κ3) is 2.53.